The van der Waals surface area contributed by atoms with Gasteiger partial charge in [0, 0.05) is 34.3 Å². The first kappa shape index (κ1) is 15.0. The van der Waals surface area contributed by atoms with Crippen molar-refractivity contribution in [1.29, 1.82) is 0 Å². The molecule has 1 nitrogen and oxygen atoms in total. The molecule has 0 fully saturated rings. The molecule has 0 bridgehead atoms. The van der Waals surface area contributed by atoms with Crippen LogP contribution in [0.4, 0.5) is 0 Å². The van der Waals surface area contributed by atoms with Crippen LogP contribution in [0.1, 0.15) is 25.0 Å². The van der Waals surface area contributed by atoms with Crippen LogP contribution in [-0.2, 0) is 12.5 Å². The van der Waals surface area contributed by atoms with E-state index >= 15 is 0 Å². The van der Waals surface area contributed by atoms with Gasteiger partial charge in [0.05, 0.1) is 0 Å². The van der Waals surface area contributed by atoms with Gasteiger partial charge in [-0.1, -0.05) is 68.4 Å². The lowest BCUT2D eigenvalue weighted by Crippen LogP contribution is -2.15. The number of benzene rings is 4. The van der Waals surface area contributed by atoms with Gasteiger partial charge in [-0.05, 0) is 51.2 Å². The van der Waals surface area contributed by atoms with Crippen molar-refractivity contribution in [2.45, 2.75) is 19.3 Å². The molecule has 0 spiro atoms. The molecule has 0 amide bonds. The Labute approximate surface area is 158 Å². The van der Waals surface area contributed by atoms with Crippen LogP contribution in [0, 0.1) is 0 Å². The number of hydrogen-bond donors (Lipinski definition) is 0. The third-order valence-electron chi connectivity index (χ3n) is 6.60. The van der Waals surface area contributed by atoms with Gasteiger partial charge >= 0.3 is 0 Å². The molecule has 27 heavy (non-hydrogen) atoms. The molecular weight excluding hydrogens is 326 g/mol. The second-order valence-corrected chi connectivity index (χ2v) is 8.33. The van der Waals surface area contributed by atoms with Gasteiger partial charge in [-0.2, -0.15) is 0 Å². The highest BCUT2D eigenvalue weighted by molar-refractivity contribution is 6.12. The summed E-state index contributed by atoms with van der Waals surface area (Å²) in [5, 5.41) is 5.37. The summed E-state index contributed by atoms with van der Waals surface area (Å²) in [5.41, 5.74) is 8.33. The first-order valence-electron chi connectivity index (χ1n) is 9.61. The zero-order chi connectivity index (χ0) is 18.3. The van der Waals surface area contributed by atoms with Gasteiger partial charge < -0.3 is 4.57 Å². The second kappa shape index (κ2) is 4.80. The zero-order valence-electron chi connectivity index (χ0n) is 15.9. The first-order chi connectivity index (χ1) is 13.1. The molecule has 1 aliphatic carbocycles. The SMILES string of the molecule is Cn1c2ccccc2c2cc3c(cc21)C(C)(C)c1ccc2ccccc2c1-3. The van der Waals surface area contributed by atoms with E-state index in [1.807, 2.05) is 0 Å². The normalized spacial score (nSPS) is 14.8. The zero-order valence-corrected chi connectivity index (χ0v) is 15.9. The van der Waals surface area contributed by atoms with E-state index in [1.54, 1.807) is 0 Å². The average molecular weight is 347 g/mol. The summed E-state index contributed by atoms with van der Waals surface area (Å²) in [6, 6.07) is 27.0. The van der Waals surface area contributed by atoms with Crippen LogP contribution in [0.2, 0.25) is 0 Å². The number of aryl methyl sites for hydroxylation is 1. The van der Waals surface area contributed by atoms with Gasteiger partial charge in [0.25, 0.3) is 0 Å². The van der Waals surface area contributed by atoms with Crippen LogP contribution < -0.4 is 0 Å². The van der Waals surface area contributed by atoms with Gasteiger partial charge in [-0.15, -0.1) is 0 Å². The van der Waals surface area contributed by atoms with Crippen molar-refractivity contribution in [3.63, 3.8) is 0 Å². The van der Waals surface area contributed by atoms with E-state index in [4.69, 9.17) is 0 Å². The maximum Gasteiger partial charge on any atom is 0.0492 e. The quantitative estimate of drug-likeness (QED) is 0.290. The monoisotopic (exact) mass is 347 g/mol. The lowest BCUT2D eigenvalue weighted by atomic mass is 9.82. The number of para-hydroxylation sites is 1. The third kappa shape index (κ3) is 1.74. The van der Waals surface area contributed by atoms with Crippen LogP contribution in [0.5, 0.6) is 0 Å². The molecule has 0 radical (unpaired) electrons. The van der Waals surface area contributed by atoms with E-state index in [0.29, 0.717) is 0 Å². The lowest BCUT2D eigenvalue weighted by molar-refractivity contribution is 0.661. The fourth-order valence-electron chi connectivity index (χ4n) is 5.16. The van der Waals surface area contributed by atoms with Gasteiger partial charge in [0.1, 0.15) is 0 Å². The van der Waals surface area contributed by atoms with E-state index in [1.165, 1.54) is 54.8 Å². The van der Waals surface area contributed by atoms with E-state index in [-0.39, 0.29) is 5.41 Å². The van der Waals surface area contributed by atoms with Crippen LogP contribution >= 0.6 is 0 Å². The number of fused-ring (bicyclic) bond motifs is 8. The number of rotatable bonds is 0. The minimum absolute atomic E-state index is 0.0132. The Hall–Kier alpha value is -3.06. The Morgan fingerprint density at radius 3 is 2.26 bits per heavy atom. The maximum absolute atomic E-state index is 2.44. The highest BCUT2D eigenvalue weighted by atomic mass is 14.9. The minimum atomic E-state index is 0.0132. The van der Waals surface area contributed by atoms with Crippen LogP contribution in [0.3, 0.4) is 0 Å². The summed E-state index contributed by atoms with van der Waals surface area (Å²) in [5.74, 6) is 0. The molecule has 1 aromatic heterocycles. The Balaban J connectivity index is 1.83. The summed E-state index contributed by atoms with van der Waals surface area (Å²) in [7, 11) is 2.18. The summed E-state index contributed by atoms with van der Waals surface area (Å²) in [4.78, 5) is 0. The lowest BCUT2D eigenvalue weighted by Gasteiger charge is -2.21. The molecule has 6 rings (SSSR count). The highest BCUT2D eigenvalue weighted by Crippen LogP contribution is 2.52. The first-order valence-corrected chi connectivity index (χ1v) is 9.61. The van der Waals surface area contributed by atoms with Gasteiger partial charge in [-0.3, -0.25) is 0 Å². The fraction of sp³-hybridized carbons (Fsp3) is 0.154. The van der Waals surface area contributed by atoms with Gasteiger partial charge in [0.15, 0.2) is 0 Å². The number of aromatic nitrogens is 1. The van der Waals surface area contributed by atoms with Crippen LogP contribution in [-0.4, -0.2) is 4.57 Å². The van der Waals surface area contributed by atoms with E-state index < -0.39 is 0 Å². The molecule has 0 saturated heterocycles. The standard InChI is InChI=1S/C26H21N/c1-26(2)21-13-12-16-8-4-5-9-17(16)25(21)20-14-19-18-10-6-7-11-23(18)27(3)24(19)15-22(20)26/h4-15H,1-3H3. The van der Waals surface area contributed by atoms with Crippen molar-refractivity contribution in [2.75, 3.05) is 0 Å². The minimum Gasteiger partial charge on any atom is -0.344 e. The van der Waals surface area contributed by atoms with Gasteiger partial charge in [0.2, 0.25) is 0 Å². The molecule has 1 heterocycles. The Kier molecular flexibility index (Phi) is 2.68. The summed E-state index contributed by atoms with van der Waals surface area (Å²) in [6.45, 7) is 4.72. The van der Waals surface area contributed by atoms with Crippen LogP contribution in [0.25, 0.3) is 43.7 Å². The average Bonchev–Trinajstić information content (AvgIpc) is 3.10. The molecule has 0 saturated carbocycles. The van der Waals surface area contributed by atoms with Crippen molar-refractivity contribution in [3.05, 3.63) is 83.9 Å². The maximum atomic E-state index is 2.44. The molecule has 1 aliphatic rings. The van der Waals surface area contributed by atoms with E-state index in [9.17, 15) is 0 Å². The molecule has 4 aromatic carbocycles. The fourth-order valence-corrected chi connectivity index (χ4v) is 5.16. The number of hydrogen-bond acceptors (Lipinski definition) is 0. The largest absolute Gasteiger partial charge is 0.344 e. The van der Waals surface area contributed by atoms with E-state index in [2.05, 4.69) is 98.3 Å². The summed E-state index contributed by atoms with van der Waals surface area (Å²) >= 11 is 0. The molecule has 5 aromatic rings. The molecular formula is C26H21N. The Bertz CT molecular complexity index is 1400. The summed E-state index contributed by atoms with van der Waals surface area (Å²) < 4.78 is 2.34. The smallest absolute Gasteiger partial charge is 0.0492 e. The molecule has 0 N–H and O–H groups in total. The molecule has 1 heteroatoms. The van der Waals surface area contributed by atoms with Crippen molar-refractivity contribution >= 4 is 32.6 Å². The molecule has 0 unspecified atom stereocenters. The van der Waals surface area contributed by atoms with Crippen LogP contribution in [0.15, 0.2) is 72.8 Å². The van der Waals surface area contributed by atoms with Crippen molar-refractivity contribution in [2.24, 2.45) is 7.05 Å². The predicted molar refractivity (Wildman–Crippen MR) is 115 cm³/mol. The predicted octanol–water partition coefficient (Wildman–Crippen LogP) is 6.79. The highest BCUT2D eigenvalue weighted by Gasteiger charge is 2.37. The summed E-state index contributed by atoms with van der Waals surface area (Å²) in [6.07, 6.45) is 0. The topological polar surface area (TPSA) is 4.93 Å². The van der Waals surface area contributed by atoms with Gasteiger partial charge in [-0.25, -0.2) is 0 Å². The second-order valence-electron chi connectivity index (χ2n) is 8.33. The van der Waals surface area contributed by atoms with Crippen molar-refractivity contribution in [1.82, 2.24) is 4.57 Å². The van der Waals surface area contributed by atoms with E-state index in [0.717, 1.165) is 0 Å². The third-order valence-corrected chi connectivity index (χ3v) is 6.60. The van der Waals surface area contributed by atoms with Crippen molar-refractivity contribution < 1.29 is 0 Å². The van der Waals surface area contributed by atoms with Crippen molar-refractivity contribution in [3.8, 4) is 11.1 Å². The number of nitrogens with zero attached hydrogens (tertiary/aromatic N) is 1. The Morgan fingerprint density at radius 1 is 0.667 bits per heavy atom. The Morgan fingerprint density at radius 2 is 1.41 bits per heavy atom. The molecule has 130 valence electrons. The molecule has 0 atom stereocenters. The molecule has 0 aliphatic heterocycles.